The summed E-state index contributed by atoms with van der Waals surface area (Å²) in [6.45, 7) is 3.79. The zero-order valence-electron chi connectivity index (χ0n) is 40.2. The molecule has 4 aliphatic heterocycles. The van der Waals surface area contributed by atoms with Gasteiger partial charge in [0.2, 0.25) is 0 Å². The number of hydrogen-bond acceptors (Lipinski definition) is 12. The molecular formula is C56H74N2O10. The number of benzene rings is 2. The minimum Gasteiger partial charge on any atom is -0.482 e. The first-order valence-corrected chi connectivity index (χ1v) is 27.2. The van der Waals surface area contributed by atoms with Crippen molar-refractivity contribution in [2.24, 2.45) is 11.8 Å². The van der Waals surface area contributed by atoms with E-state index in [0.717, 1.165) is 131 Å². The molecule has 68 heavy (non-hydrogen) atoms. The molecule has 2 aromatic carbocycles. The number of ketones is 1. The Morgan fingerprint density at radius 3 is 1.60 bits per heavy atom. The number of ether oxygens (including phenoxy) is 4. The predicted molar refractivity (Wildman–Crippen MR) is 253 cm³/mol. The number of rotatable bonds is 21. The van der Waals surface area contributed by atoms with Crippen LogP contribution in [0.4, 0.5) is 0 Å². The molecule has 12 rings (SSSR count). The highest BCUT2D eigenvalue weighted by atomic mass is 16.6. The van der Waals surface area contributed by atoms with Crippen LogP contribution in [0.3, 0.4) is 0 Å². The lowest BCUT2D eigenvalue weighted by Gasteiger charge is -2.63. The number of Topliss-reactive ketones (excluding diaryl/α,β-unsaturated/α-hetero) is 1. The van der Waals surface area contributed by atoms with Gasteiger partial charge in [-0.3, -0.25) is 24.2 Å². The minimum atomic E-state index is -1.03. The maximum Gasteiger partial charge on any atom is 0.311 e. The second-order valence-electron chi connectivity index (χ2n) is 23.3. The molecule has 368 valence electrons. The van der Waals surface area contributed by atoms with Crippen LogP contribution in [0.25, 0.3) is 0 Å². The highest BCUT2D eigenvalue weighted by molar-refractivity contribution is 5.90. The summed E-state index contributed by atoms with van der Waals surface area (Å²) in [4.78, 5) is 44.7. The number of aliphatic hydroxyl groups excluding tert-OH is 1. The lowest BCUT2D eigenvalue weighted by Crippen LogP contribution is -2.77. The summed E-state index contributed by atoms with van der Waals surface area (Å²) in [6, 6.07) is 7.83. The number of unbranched alkanes of at least 4 members (excludes halogenated alkanes) is 11. The molecule has 3 N–H and O–H groups in total. The molecule has 9 atom stereocenters. The van der Waals surface area contributed by atoms with Crippen molar-refractivity contribution in [1.82, 2.24) is 9.80 Å². The maximum absolute atomic E-state index is 13.4. The van der Waals surface area contributed by atoms with Crippen molar-refractivity contribution in [1.29, 1.82) is 0 Å². The van der Waals surface area contributed by atoms with Gasteiger partial charge in [0.15, 0.2) is 34.9 Å². The fourth-order valence-corrected chi connectivity index (χ4v) is 15.5. The number of likely N-dealkylation sites (tertiary alicyclic amines) is 2. The quantitative estimate of drug-likeness (QED) is 0.0638. The van der Waals surface area contributed by atoms with Gasteiger partial charge in [-0.25, -0.2) is 0 Å². The Morgan fingerprint density at radius 1 is 0.603 bits per heavy atom. The zero-order valence-corrected chi connectivity index (χ0v) is 40.2. The third kappa shape index (κ3) is 7.32. The topological polar surface area (TPSA) is 155 Å². The molecule has 0 radical (unpaired) electrons. The number of hydrogen-bond donors (Lipinski definition) is 3. The summed E-state index contributed by atoms with van der Waals surface area (Å²) >= 11 is 0. The van der Waals surface area contributed by atoms with E-state index < -0.39 is 40.3 Å². The summed E-state index contributed by atoms with van der Waals surface area (Å²) in [5.74, 6) is 2.87. The fourth-order valence-electron chi connectivity index (χ4n) is 15.5. The van der Waals surface area contributed by atoms with Crippen molar-refractivity contribution >= 4 is 17.7 Å². The number of esters is 2. The highest BCUT2D eigenvalue weighted by Crippen LogP contribution is 2.67. The number of carbonyl (C=O) groups is 3. The highest BCUT2D eigenvalue weighted by Gasteiger charge is 2.74. The molecule has 10 aliphatic rings. The van der Waals surface area contributed by atoms with E-state index in [1.54, 1.807) is 0 Å². The van der Waals surface area contributed by atoms with E-state index in [1.165, 1.54) is 51.4 Å². The van der Waals surface area contributed by atoms with Crippen molar-refractivity contribution in [2.45, 2.75) is 219 Å². The van der Waals surface area contributed by atoms with Crippen molar-refractivity contribution < 1.29 is 48.7 Å². The lowest BCUT2D eigenvalue weighted by molar-refractivity contribution is -0.208. The Bertz CT molecular complexity index is 2310. The third-order valence-electron chi connectivity index (χ3n) is 19.2. The molecule has 0 aromatic heterocycles. The molecule has 2 saturated heterocycles. The molecule has 6 fully saturated rings. The summed E-state index contributed by atoms with van der Waals surface area (Å²) in [5.41, 5.74) is 0.758. The molecule has 2 aromatic rings. The van der Waals surface area contributed by atoms with E-state index >= 15 is 0 Å². The average Bonchev–Trinajstić information content (AvgIpc) is 4.25. The second-order valence-corrected chi connectivity index (χ2v) is 23.3. The van der Waals surface area contributed by atoms with Crippen LogP contribution in [0.1, 0.15) is 176 Å². The average molecular weight is 935 g/mol. The van der Waals surface area contributed by atoms with Gasteiger partial charge < -0.3 is 34.3 Å². The standard InChI is InChI=1S/C56H74N2O10/c59-39-23-25-55(63)43-31-37-19-21-41(49-47(37)53(55,51(39)67-49)27-29-57(43)33-35-15-16-35)65-45(61)13-11-9-7-5-3-1-2-4-6-8-10-12-14-46(62)66-42-22-20-38-32-44-56(64)26-24-40(60)52-54(56,48(38)50(42)68-52)28-30-58(44)34-36-17-18-36/h19-22,35-36,39,43-44,51-52,59,63-64H,1-18,23-34H2/t39?,43?,44?,51-,52-,53-,54-,55+,56+/m0/s1. The summed E-state index contributed by atoms with van der Waals surface area (Å²) < 4.78 is 25.0. The van der Waals surface area contributed by atoms with E-state index in [1.807, 2.05) is 18.2 Å². The van der Waals surface area contributed by atoms with Crippen LogP contribution < -0.4 is 18.9 Å². The first-order chi connectivity index (χ1) is 33.0. The van der Waals surface area contributed by atoms with Gasteiger partial charge in [0.25, 0.3) is 0 Å². The van der Waals surface area contributed by atoms with E-state index in [2.05, 4.69) is 15.9 Å². The van der Waals surface area contributed by atoms with Gasteiger partial charge >= 0.3 is 11.9 Å². The first kappa shape index (κ1) is 45.6. The van der Waals surface area contributed by atoms with E-state index in [4.69, 9.17) is 18.9 Å². The predicted octanol–water partition coefficient (Wildman–Crippen LogP) is 7.72. The van der Waals surface area contributed by atoms with Crippen molar-refractivity contribution in [3.8, 4) is 23.0 Å². The van der Waals surface area contributed by atoms with Gasteiger partial charge in [0.1, 0.15) is 6.10 Å². The van der Waals surface area contributed by atoms with Crippen LogP contribution in [0.15, 0.2) is 24.3 Å². The van der Waals surface area contributed by atoms with Crippen LogP contribution in [0.2, 0.25) is 0 Å². The molecule has 4 bridgehead atoms. The van der Waals surface area contributed by atoms with Crippen molar-refractivity contribution in [3.63, 3.8) is 0 Å². The van der Waals surface area contributed by atoms with E-state index in [9.17, 15) is 29.7 Å². The number of nitrogens with zero attached hydrogens (tertiary/aromatic N) is 2. The van der Waals surface area contributed by atoms with E-state index in [-0.39, 0.29) is 29.8 Å². The molecule has 12 nitrogen and oxygen atoms in total. The molecule has 4 heterocycles. The zero-order chi connectivity index (χ0) is 46.4. The van der Waals surface area contributed by atoms with Crippen molar-refractivity contribution in [3.05, 3.63) is 46.5 Å². The molecule has 4 saturated carbocycles. The molecule has 6 aliphatic carbocycles. The molecular weight excluding hydrogens is 861 g/mol. The Labute approximate surface area is 401 Å². The first-order valence-electron chi connectivity index (χ1n) is 27.2. The third-order valence-corrected chi connectivity index (χ3v) is 19.2. The van der Waals surface area contributed by atoms with Crippen LogP contribution in [0.5, 0.6) is 23.0 Å². The Hall–Kier alpha value is -3.55. The lowest BCUT2D eigenvalue weighted by atomic mass is 9.48. The molecule has 2 spiro atoms. The van der Waals surface area contributed by atoms with Gasteiger partial charge in [-0.1, -0.05) is 76.3 Å². The van der Waals surface area contributed by atoms with Gasteiger partial charge in [0.05, 0.1) is 28.1 Å². The Kier molecular flexibility index (Phi) is 11.8. The van der Waals surface area contributed by atoms with Crippen molar-refractivity contribution in [2.75, 3.05) is 26.2 Å². The summed E-state index contributed by atoms with van der Waals surface area (Å²) in [5, 5.41) is 36.3. The van der Waals surface area contributed by atoms with Crippen LogP contribution in [0, 0.1) is 11.8 Å². The second kappa shape index (κ2) is 17.6. The smallest absolute Gasteiger partial charge is 0.311 e. The van der Waals surface area contributed by atoms with Crippen LogP contribution >= 0.6 is 0 Å². The van der Waals surface area contributed by atoms with Gasteiger partial charge in [0, 0.05) is 55.6 Å². The normalized spacial score (nSPS) is 34.8. The molecule has 3 unspecified atom stereocenters. The molecule has 12 heteroatoms. The fraction of sp³-hybridized carbons (Fsp3) is 0.732. The summed E-state index contributed by atoms with van der Waals surface area (Å²) in [6.07, 6.45) is 21.4. The number of aliphatic hydroxyl groups is 3. The number of carbonyl (C=O) groups excluding carboxylic acids is 3. The van der Waals surface area contributed by atoms with E-state index in [0.29, 0.717) is 67.9 Å². The van der Waals surface area contributed by atoms with Crippen LogP contribution in [-0.4, -0.2) is 111 Å². The molecule has 0 amide bonds. The minimum absolute atomic E-state index is 0.0154. The monoisotopic (exact) mass is 935 g/mol. The Balaban J connectivity index is 0.537. The van der Waals surface area contributed by atoms with Gasteiger partial charge in [-0.15, -0.1) is 0 Å². The number of piperidine rings is 2. The van der Waals surface area contributed by atoms with Crippen LogP contribution in [-0.2, 0) is 38.1 Å². The SMILES string of the molecule is O=C(CCCCCCCCCCCCCCC(=O)Oc1ccc2c3c1O[C@H]1C(O)CC[C@@]4(O)C(C2)N(CC2CC2)CC[C@]314)Oc1ccc2c3c1O[C@H]1C(=O)CC[C@@]4(O)C(C2)N(CC2CC2)CC[C@]314. The Morgan fingerprint density at radius 2 is 1.07 bits per heavy atom. The van der Waals surface area contributed by atoms with Gasteiger partial charge in [-0.05, 0) is 132 Å². The van der Waals surface area contributed by atoms with Gasteiger partial charge in [-0.2, -0.15) is 0 Å². The maximum atomic E-state index is 13.4. The largest absolute Gasteiger partial charge is 0.482 e. The summed E-state index contributed by atoms with van der Waals surface area (Å²) in [7, 11) is 0.